The first-order valence-electron chi connectivity index (χ1n) is 18.0. The normalized spacial score (nSPS) is 11.3. The van der Waals surface area contributed by atoms with Gasteiger partial charge in [0.05, 0.1) is 0 Å². The largest absolute Gasteiger partial charge is 0.208 e. The van der Waals surface area contributed by atoms with E-state index in [0.717, 1.165) is 49.2 Å². The van der Waals surface area contributed by atoms with Crippen LogP contribution in [0.15, 0.2) is 182 Å². The van der Waals surface area contributed by atoms with E-state index in [9.17, 15) is 0 Å². The molecular formula is C48H30N6S. The first kappa shape index (κ1) is 32.4. The molecule has 0 N–H and O–H groups in total. The van der Waals surface area contributed by atoms with Gasteiger partial charge in [0.2, 0.25) is 0 Å². The Hall–Kier alpha value is -7.22. The number of thiophene rings is 1. The summed E-state index contributed by atoms with van der Waals surface area (Å²) in [7, 11) is 0. The fourth-order valence-electron chi connectivity index (χ4n) is 6.83. The van der Waals surface area contributed by atoms with E-state index in [1.807, 2.05) is 91.0 Å². The van der Waals surface area contributed by atoms with Gasteiger partial charge >= 0.3 is 0 Å². The van der Waals surface area contributed by atoms with Crippen molar-refractivity contribution in [3.63, 3.8) is 0 Å². The van der Waals surface area contributed by atoms with Crippen molar-refractivity contribution in [2.24, 2.45) is 0 Å². The van der Waals surface area contributed by atoms with Crippen LogP contribution in [0.5, 0.6) is 0 Å². The van der Waals surface area contributed by atoms with Gasteiger partial charge in [-0.25, -0.2) is 29.9 Å². The fraction of sp³-hybridized carbons (Fsp3) is 0. The summed E-state index contributed by atoms with van der Waals surface area (Å²) in [6.07, 6.45) is 0. The highest BCUT2D eigenvalue weighted by Crippen LogP contribution is 2.40. The number of hydrogen-bond acceptors (Lipinski definition) is 7. The number of aromatic nitrogens is 6. The van der Waals surface area contributed by atoms with Crippen molar-refractivity contribution in [2.45, 2.75) is 0 Å². The van der Waals surface area contributed by atoms with Crippen LogP contribution < -0.4 is 0 Å². The lowest BCUT2D eigenvalue weighted by atomic mass is 10.0. The van der Waals surface area contributed by atoms with E-state index in [-0.39, 0.29) is 0 Å². The van der Waals surface area contributed by atoms with Crippen LogP contribution in [0.3, 0.4) is 0 Å². The summed E-state index contributed by atoms with van der Waals surface area (Å²) in [4.78, 5) is 30.0. The average molecular weight is 723 g/mol. The van der Waals surface area contributed by atoms with Gasteiger partial charge in [0.15, 0.2) is 34.9 Å². The summed E-state index contributed by atoms with van der Waals surface area (Å²) in [6.45, 7) is 0. The second kappa shape index (κ2) is 14.0. The minimum Gasteiger partial charge on any atom is -0.208 e. The molecule has 55 heavy (non-hydrogen) atoms. The van der Waals surface area contributed by atoms with Gasteiger partial charge in [-0.1, -0.05) is 170 Å². The monoisotopic (exact) mass is 722 g/mol. The molecule has 0 amide bonds. The summed E-state index contributed by atoms with van der Waals surface area (Å²) in [5, 5.41) is 2.43. The van der Waals surface area contributed by atoms with Crippen molar-refractivity contribution >= 4 is 31.5 Å². The molecule has 0 radical (unpaired) electrons. The highest BCUT2D eigenvalue weighted by molar-refractivity contribution is 7.26. The molecule has 0 atom stereocenters. The van der Waals surface area contributed by atoms with E-state index in [2.05, 4.69) is 91.0 Å². The molecule has 0 aliphatic rings. The lowest BCUT2D eigenvalue weighted by Gasteiger charge is -2.11. The van der Waals surface area contributed by atoms with E-state index < -0.39 is 0 Å². The van der Waals surface area contributed by atoms with Gasteiger partial charge in [0, 0.05) is 53.6 Å². The molecule has 258 valence electrons. The Morgan fingerprint density at radius 3 is 1.09 bits per heavy atom. The van der Waals surface area contributed by atoms with Crippen LogP contribution in [0.2, 0.25) is 0 Å². The van der Waals surface area contributed by atoms with Crippen molar-refractivity contribution in [3.05, 3.63) is 182 Å². The molecule has 6 nitrogen and oxygen atoms in total. The number of nitrogens with zero attached hydrogens (tertiary/aromatic N) is 6. The van der Waals surface area contributed by atoms with Crippen molar-refractivity contribution in [1.82, 2.24) is 29.9 Å². The van der Waals surface area contributed by atoms with E-state index in [1.165, 1.54) is 15.5 Å². The van der Waals surface area contributed by atoms with Gasteiger partial charge in [-0.05, 0) is 23.3 Å². The van der Waals surface area contributed by atoms with E-state index in [4.69, 9.17) is 29.9 Å². The molecular weight excluding hydrogens is 693 g/mol. The molecule has 0 unspecified atom stereocenters. The van der Waals surface area contributed by atoms with E-state index >= 15 is 0 Å². The molecule has 7 heteroatoms. The first-order chi connectivity index (χ1) is 27.2. The smallest absolute Gasteiger partial charge is 0.165 e. The highest BCUT2D eigenvalue weighted by atomic mass is 32.1. The maximum Gasteiger partial charge on any atom is 0.165 e. The van der Waals surface area contributed by atoms with Crippen molar-refractivity contribution in [1.29, 1.82) is 0 Å². The van der Waals surface area contributed by atoms with Crippen LogP contribution >= 0.6 is 11.3 Å². The van der Waals surface area contributed by atoms with Gasteiger partial charge in [-0.15, -0.1) is 11.3 Å². The third-order valence-corrected chi connectivity index (χ3v) is 10.9. The second-order valence-corrected chi connectivity index (χ2v) is 14.2. The Morgan fingerprint density at radius 2 is 0.600 bits per heavy atom. The van der Waals surface area contributed by atoms with Crippen LogP contribution in [-0.2, 0) is 0 Å². The average Bonchev–Trinajstić information content (AvgIpc) is 3.66. The molecule has 7 aromatic carbocycles. The second-order valence-electron chi connectivity index (χ2n) is 13.1. The van der Waals surface area contributed by atoms with E-state index in [1.54, 1.807) is 11.3 Å². The van der Waals surface area contributed by atoms with Crippen molar-refractivity contribution in [2.75, 3.05) is 0 Å². The predicted molar refractivity (Wildman–Crippen MR) is 224 cm³/mol. The fourth-order valence-corrected chi connectivity index (χ4v) is 8.04. The molecule has 0 spiro atoms. The Labute approximate surface area is 321 Å². The molecule has 0 aliphatic heterocycles. The minimum atomic E-state index is 0.586. The van der Waals surface area contributed by atoms with Gasteiger partial charge in [-0.3, -0.25) is 0 Å². The lowest BCUT2D eigenvalue weighted by molar-refractivity contribution is 1.07. The van der Waals surface area contributed by atoms with E-state index in [0.29, 0.717) is 34.9 Å². The number of hydrogen-bond donors (Lipinski definition) is 0. The van der Waals surface area contributed by atoms with Gasteiger partial charge < -0.3 is 0 Å². The number of rotatable bonds is 7. The maximum absolute atomic E-state index is 5.14. The van der Waals surface area contributed by atoms with Gasteiger partial charge in [0.1, 0.15) is 0 Å². The van der Waals surface area contributed by atoms with Gasteiger partial charge in [0.25, 0.3) is 0 Å². The zero-order valence-electron chi connectivity index (χ0n) is 29.4. The van der Waals surface area contributed by atoms with Crippen LogP contribution in [0, 0.1) is 0 Å². The molecule has 0 bridgehead atoms. The molecule has 3 aromatic heterocycles. The third kappa shape index (κ3) is 6.33. The summed E-state index contributed by atoms with van der Waals surface area (Å²) >= 11 is 1.77. The lowest BCUT2D eigenvalue weighted by Crippen LogP contribution is -2.01. The molecule has 10 rings (SSSR count). The molecule has 0 fully saturated rings. The molecule has 10 aromatic rings. The van der Waals surface area contributed by atoms with Crippen LogP contribution in [0.4, 0.5) is 0 Å². The Kier molecular flexibility index (Phi) is 8.24. The quantitative estimate of drug-likeness (QED) is 0.163. The maximum atomic E-state index is 5.14. The predicted octanol–water partition coefficient (Wildman–Crippen LogP) is 12.1. The number of fused-ring (bicyclic) bond motifs is 3. The SMILES string of the molecule is c1ccc(-c2ccc(-c3nc(-c4ccc(-c5nc(-c6ccccc6)nc(-c6ccccc6)n5)cc4)nc(-c4cccc5c4sc4ccccc45)n3)cc2)cc1. The van der Waals surface area contributed by atoms with Crippen LogP contribution in [0.1, 0.15) is 0 Å². The first-order valence-corrected chi connectivity index (χ1v) is 18.9. The minimum absolute atomic E-state index is 0.586. The zero-order chi connectivity index (χ0) is 36.6. The molecule has 0 saturated heterocycles. The summed E-state index contributed by atoms with van der Waals surface area (Å²) < 4.78 is 2.38. The molecule has 0 saturated carbocycles. The standard InChI is InChI=1S/C48H30N6S/c1-4-13-31(14-5-1)32-23-25-35(26-24-32)46-52-47(54-48(53-46)40-21-12-20-39-38-19-10-11-22-41(38)55-42(39)40)37-29-27-36(28-30-37)45-50-43(33-15-6-2-7-16-33)49-44(51-45)34-17-8-3-9-18-34/h1-30H. The molecule has 3 heterocycles. The summed E-state index contributed by atoms with van der Waals surface area (Å²) in [6, 6.07) is 61.8. The Bertz CT molecular complexity index is 2890. The summed E-state index contributed by atoms with van der Waals surface area (Å²) in [5.74, 6) is 3.65. The van der Waals surface area contributed by atoms with Crippen LogP contribution in [0.25, 0.3) is 99.6 Å². The van der Waals surface area contributed by atoms with Crippen LogP contribution in [-0.4, -0.2) is 29.9 Å². The summed E-state index contributed by atoms with van der Waals surface area (Å²) in [5.41, 5.74) is 7.76. The highest BCUT2D eigenvalue weighted by Gasteiger charge is 2.18. The molecule has 0 aliphatic carbocycles. The van der Waals surface area contributed by atoms with Gasteiger partial charge in [-0.2, -0.15) is 0 Å². The number of benzene rings is 7. The van der Waals surface area contributed by atoms with Crippen molar-refractivity contribution < 1.29 is 0 Å². The topological polar surface area (TPSA) is 77.3 Å². The zero-order valence-corrected chi connectivity index (χ0v) is 30.2. The Morgan fingerprint density at radius 1 is 0.255 bits per heavy atom. The van der Waals surface area contributed by atoms with Crippen molar-refractivity contribution in [3.8, 4) is 79.5 Å². The Balaban J connectivity index is 1.09. The third-order valence-electron chi connectivity index (χ3n) is 9.63.